The fraction of sp³-hybridized carbons (Fsp3) is 0.222. The number of pyridine rings is 1. The SMILES string of the molecule is CC=Cc1cc(C)ccn1. The topological polar surface area (TPSA) is 12.9 Å². The maximum absolute atomic E-state index is 4.14. The van der Waals surface area contributed by atoms with Crippen molar-refractivity contribution < 1.29 is 0 Å². The summed E-state index contributed by atoms with van der Waals surface area (Å²) < 4.78 is 0. The Labute approximate surface area is 61.4 Å². The van der Waals surface area contributed by atoms with Crippen LogP contribution in [0, 0.1) is 6.92 Å². The Balaban J connectivity index is 2.95. The fourth-order valence-corrected chi connectivity index (χ4v) is 0.821. The van der Waals surface area contributed by atoms with Gasteiger partial charge < -0.3 is 0 Å². The lowest BCUT2D eigenvalue weighted by Crippen LogP contribution is -1.79. The van der Waals surface area contributed by atoms with Gasteiger partial charge in [0, 0.05) is 6.20 Å². The largest absolute Gasteiger partial charge is 0.257 e. The second kappa shape index (κ2) is 3.16. The molecule has 10 heavy (non-hydrogen) atoms. The summed E-state index contributed by atoms with van der Waals surface area (Å²) in [6, 6.07) is 4.05. The maximum Gasteiger partial charge on any atom is 0.0628 e. The van der Waals surface area contributed by atoms with Gasteiger partial charge >= 0.3 is 0 Å². The molecule has 1 rings (SSSR count). The normalized spacial score (nSPS) is 10.6. The first-order chi connectivity index (χ1) is 4.83. The van der Waals surface area contributed by atoms with Crippen LogP contribution < -0.4 is 0 Å². The second-order valence-corrected chi connectivity index (χ2v) is 2.26. The third-order valence-corrected chi connectivity index (χ3v) is 1.27. The van der Waals surface area contributed by atoms with E-state index in [0.29, 0.717) is 0 Å². The van der Waals surface area contributed by atoms with Crippen molar-refractivity contribution in [3.63, 3.8) is 0 Å². The van der Waals surface area contributed by atoms with Crippen LogP contribution in [-0.2, 0) is 0 Å². The Hall–Kier alpha value is -1.11. The lowest BCUT2D eigenvalue weighted by Gasteiger charge is -1.92. The van der Waals surface area contributed by atoms with E-state index in [4.69, 9.17) is 0 Å². The number of rotatable bonds is 1. The summed E-state index contributed by atoms with van der Waals surface area (Å²) in [7, 11) is 0. The van der Waals surface area contributed by atoms with Gasteiger partial charge in [-0.05, 0) is 37.6 Å². The van der Waals surface area contributed by atoms with Gasteiger partial charge in [0.05, 0.1) is 5.69 Å². The van der Waals surface area contributed by atoms with Crippen LogP contribution in [0.5, 0.6) is 0 Å². The Morgan fingerprint density at radius 3 is 2.90 bits per heavy atom. The number of hydrogen-bond donors (Lipinski definition) is 0. The van der Waals surface area contributed by atoms with E-state index in [0.717, 1.165) is 5.69 Å². The van der Waals surface area contributed by atoms with Crippen LogP contribution in [0.4, 0.5) is 0 Å². The quantitative estimate of drug-likeness (QED) is 0.573. The average Bonchev–Trinajstić information content (AvgIpc) is 1.88. The number of nitrogens with zero attached hydrogens (tertiary/aromatic N) is 1. The van der Waals surface area contributed by atoms with Crippen LogP contribution in [0.3, 0.4) is 0 Å². The minimum atomic E-state index is 1.03. The summed E-state index contributed by atoms with van der Waals surface area (Å²) in [5, 5.41) is 0. The molecule has 0 amide bonds. The minimum Gasteiger partial charge on any atom is -0.257 e. The highest BCUT2D eigenvalue weighted by molar-refractivity contribution is 5.44. The Kier molecular flexibility index (Phi) is 2.21. The first-order valence-corrected chi connectivity index (χ1v) is 3.38. The van der Waals surface area contributed by atoms with Crippen LogP contribution in [0.15, 0.2) is 24.4 Å². The summed E-state index contributed by atoms with van der Waals surface area (Å²) in [6.45, 7) is 4.05. The van der Waals surface area contributed by atoms with Gasteiger partial charge in [-0.15, -0.1) is 0 Å². The van der Waals surface area contributed by atoms with Gasteiger partial charge in [-0.25, -0.2) is 0 Å². The van der Waals surface area contributed by atoms with Crippen LogP contribution in [0.2, 0.25) is 0 Å². The molecule has 0 bridgehead atoms. The highest BCUT2D eigenvalue weighted by Gasteiger charge is 1.85. The zero-order valence-electron chi connectivity index (χ0n) is 6.33. The molecule has 0 saturated carbocycles. The fourth-order valence-electron chi connectivity index (χ4n) is 0.821. The van der Waals surface area contributed by atoms with Crippen molar-refractivity contribution in [2.75, 3.05) is 0 Å². The zero-order chi connectivity index (χ0) is 7.40. The van der Waals surface area contributed by atoms with Crippen molar-refractivity contribution in [2.45, 2.75) is 13.8 Å². The highest BCUT2D eigenvalue weighted by Crippen LogP contribution is 2.00. The molecule has 0 aliphatic carbocycles. The zero-order valence-corrected chi connectivity index (χ0v) is 6.33. The maximum atomic E-state index is 4.14. The molecule has 0 N–H and O–H groups in total. The average molecular weight is 133 g/mol. The van der Waals surface area contributed by atoms with E-state index < -0.39 is 0 Å². The van der Waals surface area contributed by atoms with Gasteiger partial charge in [0.15, 0.2) is 0 Å². The van der Waals surface area contributed by atoms with Crippen molar-refractivity contribution in [1.82, 2.24) is 4.98 Å². The second-order valence-electron chi connectivity index (χ2n) is 2.26. The third kappa shape index (κ3) is 1.69. The molecule has 0 aromatic carbocycles. The van der Waals surface area contributed by atoms with E-state index in [1.165, 1.54) is 5.56 Å². The van der Waals surface area contributed by atoms with Crippen LogP contribution in [0.1, 0.15) is 18.2 Å². The molecule has 0 aliphatic rings. The number of aryl methyl sites for hydroxylation is 1. The minimum absolute atomic E-state index is 1.03. The standard InChI is InChI=1S/C9H11N/c1-3-4-9-7-8(2)5-6-10-9/h3-7H,1-2H3. The van der Waals surface area contributed by atoms with Gasteiger partial charge in [0.25, 0.3) is 0 Å². The molecule has 1 aromatic rings. The van der Waals surface area contributed by atoms with Crippen LogP contribution in [-0.4, -0.2) is 4.98 Å². The van der Waals surface area contributed by atoms with Crippen molar-refractivity contribution in [3.8, 4) is 0 Å². The Morgan fingerprint density at radius 2 is 2.30 bits per heavy atom. The molecule has 0 spiro atoms. The number of aromatic nitrogens is 1. The summed E-state index contributed by atoms with van der Waals surface area (Å²) in [4.78, 5) is 4.14. The van der Waals surface area contributed by atoms with E-state index in [9.17, 15) is 0 Å². The molecule has 0 saturated heterocycles. The van der Waals surface area contributed by atoms with Gasteiger partial charge in [-0.3, -0.25) is 4.98 Å². The molecule has 0 atom stereocenters. The van der Waals surface area contributed by atoms with Crippen molar-refractivity contribution in [1.29, 1.82) is 0 Å². The van der Waals surface area contributed by atoms with E-state index in [-0.39, 0.29) is 0 Å². The number of hydrogen-bond acceptors (Lipinski definition) is 1. The molecule has 0 unspecified atom stereocenters. The van der Waals surface area contributed by atoms with Crippen molar-refractivity contribution in [2.24, 2.45) is 0 Å². The monoisotopic (exact) mass is 133 g/mol. The lowest BCUT2D eigenvalue weighted by atomic mass is 10.2. The van der Waals surface area contributed by atoms with Crippen LogP contribution >= 0.6 is 0 Å². The van der Waals surface area contributed by atoms with E-state index in [1.807, 2.05) is 31.3 Å². The Bertz CT molecular complexity index is 238. The summed E-state index contributed by atoms with van der Waals surface area (Å²) in [5.41, 5.74) is 2.28. The van der Waals surface area contributed by atoms with E-state index in [2.05, 4.69) is 18.0 Å². The predicted molar refractivity (Wildman–Crippen MR) is 43.7 cm³/mol. The molecule has 1 heteroatoms. The molecule has 0 radical (unpaired) electrons. The third-order valence-electron chi connectivity index (χ3n) is 1.27. The van der Waals surface area contributed by atoms with Crippen molar-refractivity contribution in [3.05, 3.63) is 35.7 Å². The van der Waals surface area contributed by atoms with Crippen molar-refractivity contribution >= 4 is 6.08 Å². The Morgan fingerprint density at radius 1 is 1.50 bits per heavy atom. The first-order valence-electron chi connectivity index (χ1n) is 3.38. The van der Waals surface area contributed by atoms with Gasteiger partial charge in [-0.2, -0.15) is 0 Å². The first kappa shape index (κ1) is 7.00. The molecular formula is C9H11N. The van der Waals surface area contributed by atoms with Gasteiger partial charge in [0.2, 0.25) is 0 Å². The van der Waals surface area contributed by atoms with E-state index in [1.54, 1.807) is 0 Å². The molecule has 1 nitrogen and oxygen atoms in total. The molecule has 52 valence electrons. The molecule has 1 aromatic heterocycles. The van der Waals surface area contributed by atoms with Gasteiger partial charge in [0.1, 0.15) is 0 Å². The predicted octanol–water partition coefficient (Wildman–Crippen LogP) is 2.42. The number of allylic oxidation sites excluding steroid dienone is 1. The summed E-state index contributed by atoms with van der Waals surface area (Å²) in [5.74, 6) is 0. The molecule has 1 heterocycles. The molecular weight excluding hydrogens is 122 g/mol. The molecule has 0 fully saturated rings. The van der Waals surface area contributed by atoms with E-state index >= 15 is 0 Å². The molecule has 0 aliphatic heterocycles. The summed E-state index contributed by atoms with van der Waals surface area (Å²) >= 11 is 0. The van der Waals surface area contributed by atoms with Gasteiger partial charge in [-0.1, -0.05) is 6.08 Å². The summed E-state index contributed by atoms with van der Waals surface area (Å²) in [6.07, 6.45) is 5.80. The van der Waals surface area contributed by atoms with Crippen LogP contribution in [0.25, 0.3) is 6.08 Å². The highest BCUT2D eigenvalue weighted by atomic mass is 14.6. The smallest absolute Gasteiger partial charge is 0.0628 e. The lowest BCUT2D eigenvalue weighted by molar-refractivity contribution is 1.26.